The molecule has 0 spiro atoms. The van der Waals surface area contributed by atoms with Crippen molar-refractivity contribution in [1.29, 1.82) is 0 Å². The lowest BCUT2D eigenvalue weighted by atomic mass is 10.0. The predicted molar refractivity (Wildman–Crippen MR) is 109 cm³/mol. The summed E-state index contributed by atoms with van der Waals surface area (Å²) in [5, 5.41) is 9.23. The lowest BCUT2D eigenvalue weighted by molar-refractivity contribution is -0.138. The van der Waals surface area contributed by atoms with Gasteiger partial charge in [0.15, 0.2) is 9.84 Å². The van der Waals surface area contributed by atoms with Crippen LogP contribution in [-0.2, 0) is 28.2 Å². The fraction of sp³-hybridized carbons (Fsp3) is 0.227. The van der Waals surface area contributed by atoms with Crippen molar-refractivity contribution in [2.75, 3.05) is 0 Å². The van der Waals surface area contributed by atoms with E-state index in [0.29, 0.717) is 17.7 Å². The van der Waals surface area contributed by atoms with Crippen LogP contribution in [0.5, 0.6) is 0 Å². The highest BCUT2D eigenvalue weighted by molar-refractivity contribution is 7.90. The standard InChI is InChI=1S/C22H20F3NO4S/c1-3-15-6-7-16(21(27)28)12-20(15)31(29,30)13-17-11-18(22(23,24)25)14(2)10-19(17)26-8-4-5-9-26/h4-12H,3,13H2,1-2H3,(H,27,28). The van der Waals surface area contributed by atoms with E-state index in [4.69, 9.17) is 0 Å². The molecule has 9 heteroatoms. The zero-order valence-corrected chi connectivity index (χ0v) is 17.6. The molecule has 3 aromatic rings. The first-order valence-corrected chi connectivity index (χ1v) is 11.0. The first-order chi connectivity index (χ1) is 14.4. The quantitative estimate of drug-likeness (QED) is 0.570. The number of hydrogen-bond acceptors (Lipinski definition) is 3. The minimum atomic E-state index is -4.64. The van der Waals surface area contributed by atoms with Crippen LogP contribution in [0.3, 0.4) is 0 Å². The summed E-state index contributed by atoms with van der Waals surface area (Å²) in [6.45, 7) is 3.04. The Kier molecular flexibility index (Phi) is 6.00. The van der Waals surface area contributed by atoms with E-state index in [2.05, 4.69) is 0 Å². The summed E-state index contributed by atoms with van der Waals surface area (Å²) >= 11 is 0. The second-order valence-corrected chi connectivity index (χ2v) is 9.08. The van der Waals surface area contributed by atoms with Crippen LogP contribution < -0.4 is 0 Å². The fourth-order valence-corrected chi connectivity index (χ4v) is 5.16. The molecule has 0 aliphatic rings. The van der Waals surface area contributed by atoms with Gasteiger partial charge in [0.25, 0.3) is 0 Å². The number of alkyl halides is 3. The normalized spacial score (nSPS) is 12.2. The zero-order valence-electron chi connectivity index (χ0n) is 16.8. The predicted octanol–water partition coefficient (Wildman–Crippen LogP) is 5.04. The minimum Gasteiger partial charge on any atom is -0.478 e. The van der Waals surface area contributed by atoms with Crippen LogP contribution in [-0.4, -0.2) is 24.1 Å². The monoisotopic (exact) mass is 451 g/mol. The van der Waals surface area contributed by atoms with Crippen molar-refractivity contribution in [2.24, 2.45) is 0 Å². The lowest BCUT2D eigenvalue weighted by Gasteiger charge is -2.18. The van der Waals surface area contributed by atoms with Crippen molar-refractivity contribution in [3.05, 3.63) is 82.7 Å². The molecule has 0 atom stereocenters. The van der Waals surface area contributed by atoms with Crippen molar-refractivity contribution in [1.82, 2.24) is 4.57 Å². The molecule has 3 rings (SSSR count). The Morgan fingerprint density at radius 2 is 1.71 bits per heavy atom. The van der Waals surface area contributed by atoms with Crippen LogP contribution in [0, 0.1) is 6.92 Å². The Labute approximate surface area is 177 Å². The van der Waals surface area contributed by atoms with Gasteiger partial charge in [-0.1, -0.05) is 13.0 Å². The van der Waals surface area contributed by atoms with Gasteiger partial charge < -0.3 is 9.67 Å². The van der Waals surface area contributed by atoms with Crippen LogP contribution in [0.2, 0.25) is 0 Å². The number of aromatic nitrogens is 1. The molecule has 2 aromatic carbocycles. The average molecular weight is 451 g/mol. The molecule has 1 aromatic heterocycles. The first kappa shape index (κ1) is 22.6. The second kappa shape index (κ2) is 8.22. The Morgan fingerprint density at radius 3 is 2.26 bits per heavy atom. The Balaban J connectivity index is 2.19. The van der Waals surface area contributed by atoms with E-state index in [0.717, 1.165) is 12.1 Å². The van der Waals surface area contributed by atoms with Gasteiger partial charge in [0, 0.05) is 18.1 Å². The van der Waals surface area contributed by atoms with E-state index >= 15 is 0 Å². The lowest BCUT2D eigenvalue weighted by Crippen LogP contribution is -2.14. The Hall–Kier alpha value is -3.07. The minimum absolute atomic E-state index is 0.0283. The van der Waals surface area contributed by atoms with E-state index in [1.807, 2.05) is 0 Å². The summed E-state index contributed by atoms with van der Waals surface area (Å²) in [7, 11) is -4.14. The number of carboxylic acid groups (broad SMARTS) is 1. The van der Waals surface area contributed by atoms with Gasteiger partial charge in [-0.2, -0.15) is 13.2 Å². The zero-order chi connectivity index (χ0) is 23.0. The molecular formula is C22H20F3NO4S. The molecule has 0 saturated carbocycles. The number of aryl methyl sites for hydroxylation is 2. The molecule has 5 nitrogen and oxygen atoms in total. The van der Waals surface area contributed by atoms with Crippen molar-refractivity contribution in [3.63, 3.8) is 0 Å². The summed E-state index contributed by atoms with van der Waals surface area (Å²) < 4.78 is 68.5. The molecule has 1 N–H and O–H groups in total. The maximum Gasteiger partial charge on any atom is 0.416 e. The molecule has 0 unspecified atom stereocenters. The van der Waals surface area contributed by atoms with Gasteiger partial charge in [-0.15, -0.1) is 0 Å². The maximum atomic E-state index is 13.5. The highest BCUT2D eigenvalue weighted by Gasteiger charge is 2.34. The van der Waals surface area contributed by atoms with Crippen molar-refractivity contribution >= 4 is 15.8 Å². The van der Waals surface area contributed by atoms with Gasteiger partial charge in [-0.3, -0.25) is 0 Å². The molecule has 0 amide bonds. The first-order valence-electron chi connectivity index (χ1n) is 9.37. The Morgan fingerprint density at radius 1 is 1.06 bits per heavy atom. The summed E-state index contributed by atoms with van der Waals surface area (Å²) in [5.41, 5.74) is -0.469. The smallest absolute Gasteiger partial charge is 0.416 e. The fourth-order valence-electron chi connectivity index (χ4n) is 3.45. The van der Waals surface area contributed by atoms with E-state index in [1.165, 1.54) is 25.1 Å². The summed E-state index contributed by atoms with van der Waals surface area (Å²) in [6, 6.07) is 9.30. The van der Waals surface area contributed by atoms with E-state index in [-0.39, 0.29) is 21.6 Å². The highest BCUT2D eigenvalue weighted by Crippen LogP contribution is 2.36. The van der Waals surface area contributed by atoms with Gasteiger partial charge in [0.05, 0.1) is 21.8 Å². The largest absolute Gasteiger partial charge is 0.478 e. The van der Waals surface area contributed by atoms with Gasteiger partial charge >= 0.3 is 12.1 Å². The van der Waals surface area contributed by atoms with Crippen LogP contribution in [0.15, 0.2) is 59.8 Å². The van der Waals surface area contributed by atoms with Crippen LogP contribution in [0.4, 0.5) is 13.2 Å². The SMILES string of the molecule is CCc1ccc(C(=O)O)cc1S(=O)(=O)Cc1cc(C(F)(F)F)c(C)cc1-n1cccc1. The molecule has 31 heavy (non-hydrogen) atoms. The summed E-state index contributed by atoms with van der Waals surface area (Å²) in [4.78, 5) is 11.1. The van der Waals surface area contributed by atoms with E-state index < -0.39 is 33.3 Å². The van der Waals surface area contributed by atoms with Crippen LogP contribution >= 0.6 is 0 Å². The second-order valence-electron chi connectivity index (χ2n) is 7.12. The van der Waals surface area contributed by atoms with E-state index in [1.54, 1.807) is 36.0 Å². The van der Waals surface area contributed by atoms with Gasteiger partial charge in [-0.05, 0) is 66.4 Å². The number of aromatic carboxylic acids is 1. The summed E-state index contributed by atoms with van der Waals surface area (Å²) in [6.07, 6.45) is -1.10. The number of hydrogen-bond donors (Lipinski definition) is 1. The number of carboxylic acids is 1. The Bertz CT molecular complexity index is 1230. The maximum absolute atomic E-state index is 13.5. The molecule has 0 saturated heterocycles. The van der Waals surface area contributed by atoms with Crippen molar-refractivity contribution in [2.45, 2.75) is 37.1 Å². The third-order valence-electron chi connectivity index (χ3n) is 4.99. The third-order valence-corrected chi connectivity index (χ3v) is 6.73. The number of sulfone groups is 1. The molecule has 1 heterocycles. The van der Waals surface area contributed by atoms with Crippen molar-refractivity contribution < 1.29 is 31.5 Å². The number of carbonyl (C=O) groups is 1. The molecule has 0 aliphatic carbocycles. The average Bonchev–Trinajstić information content (AvgIpc) is 3.22. The molecule has 164 valence electrons. The molecule has 0 fully saturated rings. The van der Waals surface area contributed by atoms with E-state index in [9.17, 15) is 31.5 Å². The topological polar surface area (TPSA) is 76.4 Å². The molecule has 0 radical (unpaired) electrons. The summed E-state index contributed by atoms with van der Waals surface area (Å²) in [5.74, 6) is -2.00. The van der Waals surface area contributed by atoms with Gasteiger partial charge in [0.1, 0.15) is 0 Å². The number of benzene rings is 2. The molecular weight excluding hydrogens is 431 g/mol. The van der Waals surface area contributed by atoms with Gasteiger partial charge in [0.2, 0.25) is 0 Å². The van der Waals surface area contributed by atoms with Crippen LogP contribution in [0.25, 0.3) is 5.69 Å². The molecule has 0 aliphatic heterocycles. The van der Waals surface area contributed by atoms with Crippen molar-refractivity contribution in [3.8, 4) is 5.69 Å². The molecule has 0 bridgehead atoms. The highest BCUT2D eigenvalue weighted by atomic mass is 32.2. The van der Waals surface area contributed by atoms with Crippen LogP contribution in [0.1, 0.15) is 39.5 Å². The number of nitrogens with zero attached hydrogens (tertiary/aromatic N) is 1. The third kappa shape index (κ3) is 4.66. The number of halogens is 3. The number of rotatable bonds is 6. The van der Waals surface area contributed by atoms with Gasteiger partial charge in [-0.25, -0.2) is 13.2 Å².